The highest BCUT2D eigenvalue weighted by molar-refractivity contribution is 6.07. The van der Waals surface area contributed by atoms with Gasteiger partial charge in [0.05, 0.1) is 29.9 Å². The van der Waals surface area contributed by atoms with Crippen molar-refractivity contribution in [3.8, 4) is 11.3 Å². The molecule has 1 aromatic heterocycles. The maximum absolute atomic E-state index is 13.5. The van der Waals surface area contributed by atoms with Gasteiger partial charge in [-0.15, -0.1) is 0 Å². The molecule has 1 atom stereocenters. The summed E-state index contributed by atoms with van der Waals surface area (Å²) in [5.41, 5.74) is 2.57. The Labute approximate surface area is 168 Å². The van der Waals surface area contributed by atoms with Crippen LogP contribution in [0.3, 0.4) is 0 Å². The van der Waals surface area contributed by atoms with Crippen molar-refractivity contribution in [2.45, 2.75) is 12.0 Å². The van der Waals surface area contributed by atoms with Gasteiger partial charge in [0.1, 0.15) is 0 Å². The number of likely N-dealkylation sites (N-methyl/N-ethyl adjacent to an activating group) is 1. The third kappa shape index (κ3) is 3.01. The number of hydrogen-bond donors (Lipinski definition) is 0. The minimum absolute atomic E-state index is 0.0525. The van der Waals surface area contributed by atoms with E-state index < -0.39 is 5.60 Å². The van der Waals surface area contributed by atoms with Gasteiger partial charge in [-0.3, -0.25) is 4.79 Å². The standard InChI is InChI=1S/C23H21N3O3/c1-25-14-23(29-22(25)28)11-12-26(15-23)21(27)18-13-20(16-7-3-2-4-8-16)24-19-10-6-5-9-17(18)19/h2-10,13H,11-12,14-15H2,1H3/t23-/m1/s1. The first kappa shape index (κ1) is 17.7. The predicted octanol–water partition coefficient (Wildman–Crippen LogP) is 3.57. The number of pyridine rings is 1. The second kappa shape index (κ2) is 6.58. The van der Waals surface area contributed by atoms with Crippen LogP contribution < -0.4 is 0 Å². The van der Waals surface area contributed by atoms with Gasteiger partial charge in [0, 0.05) is 31.0 Å². The number of para-hydroxylation sites is 1. The third-order valence-electron chi connectivity index (χ3n) is 5.76. The van der Waals surface area contributed by atoms with Crippen LogP contribution in [0.15, 0.2) is 60.7 Å². The van der Waals surface area contributed by atoms with Gasteiger partial charge < -0.3 is 14.5 Å². The van der Waals surface area contributed by atoms with E-state index in [0.717, 1.165) is 22.2 Å². The van der Waals surface area contributed by atoms with Crippen LogP contribution >= 0.6 is 0 Å². The molecule has 0 unspecified atom stereocenters. The number of carbonyl (C=O) groups is 2. The van der Waals surface area contributed by atoms with Gasteiger partial charge in [-0.05, 0) is 12.1 Å². The van der Waals surface area contributed by atoms with Crippen LogP contribution in [0.1, 0.15) is 16.8 Å². The zero-order valence-electron chi connectivity index (χ0n) is 16.2. The SMILES string of the molecule is CN1C[C@@]2(CCN(C(=O)c3cc(-c4ccccc4)nc4ccccc34)C2)OC1=O. The molecule has 3 heterocycles. The van der Waals surface area contributed by atoms with Crippen LogP contribution in [0.2, 0.25) is 0 Å². The minimum Gasteiger partial charge on any atom is -0.439 e. The fraction of sp³-hybridized carbons (Fsp3) is 0.261. The molecule has 0 N–H and O–H groups in total. The average molecular weight is 387 g/mol. The molecule has 6 nitrogen and oxygen atoms in total. The lowest BCUT2D eigenvalue weighted by molar-refractivity contribution is 0.0554. The predicted molar refractivity (Wildman–Crippen MR) is 110 cm³/mol. The second-order valence-electron chi connectivity index (χ2n) is 7.82. The Morgan fingerprint density at radius 2 is 1.83 bits per heavy atom. The van der Waals surface area contributed by atoms with E-state index in [2.05, 4.69) is 0 Å². The van der Waals surface area contributed by atoms with Crippen molar-refractivity contribution in [1.29, 1.82) is 0 Å². The summed E-state index contributed by atoms with van der Waals surface area (Å²) >= 11 is 0. The van der Waals surface area contributed by atoms with Gasteiger partial charge in [0.2, 0.25) is 0 Å². The second-order valence-corrected chi connectivity index (χ2v) is 7.82. The average Bonchev–Trinajstić information content (AvgIpc) is 3.28. The molecule has 0 radical (unpaired) electrons. The first-order chi connectivity index (χ1) is 14.0. The molecule has 2 amide bonds. The van der Waals surface area contributed by atoms with Gasteiger partial charge in [-0.1, -0.05) is 48.5 Å². The van der Waals surface area contributed by atoms with Crippen molar-refractivity contribution in [1.82, 2.24) is 14.8 Å². The molecule has 3 aromatic rings. The van der Waals surface area contributed by atoms with E-state index in [-0.39, 0.29) is 12.0 Å². The number of likely N-dealkylation sites (tertiary alicyclic amines) is 1. The highest BCUT2D eigenvalue weighted by Gasteiger charge is 2.49. The lowest BCUT2D eigenvalue weighted by atomic mass is 10.0. The molecular formula is C23H21N3O3. The van der Waals surface area contributed by atoms with Crippen LogP contribution in [0.5, 0.6) is 0 Å². The number of ether oxygens (including phenoxy) is 1. The van der Waals surface area contributed by atoms with E-state index in [1.165, 1.54) is 0 Å². The molecule has 0 aliphatic carbocycles. The summed E-state index contributed by atoms with van der Waals surface area (Å²) in [6.07, 6.45) is 0.337. The lowest BCUT2D eigenvalue weighted by Crippen LogP contribution is -2.39. The molecule has 6 heteroatoms. The lowest BCUT2D eigenvalue weighted by Gasteiger charge is -2.22. The summed E-state index contributed by atoms with van der Waals surface area (Å²) in [5, 5.41) is 0.832. The number of hydrogen-bond acceptors (Lipinski definition) is 4. The topological polar surface area (TPSA) is 62.7 Å². The number of amides is 2. The Hall–Kier alpha value is -3.41. The Bertz CT molecular complexity index is 1110. The van der Waals surface area contributed by atoms with Crippen LogP contribution in [0, 0.1) is 0 Å². The Morgan fingerprint density at radius 1 is 1.07 bits per heavy atom. The number of rotatable bonds is 2. The quantitative estimate of drug-likeness (QED) is 0.674. The normalized spacial score (nSPS) is 21.2. The minimum atomic E-state index is -0.591. The number of benzene rings is 2. The zero-order valence-corrected chi connectivity index (χ0v) is 16.2. The molecule has 2 aliphatic rings. The smallest absolute Gasteiger partial charge is 0.410 e. The van der Waals surface area contributed by atoms with E-state index >= 15 is 0 Å². The van der Waals surface area contributed by atoms with Crippen LogP contribution in [0.25, 0.3) is 22.2 Å². The van der Waals surface area contributed by atoms with Crippen LogP contribution in [0.4, 0.5) is 4.79 Å². The van der Waals surface area contributed by atoms with Crippen molar-refractivity contribution in [2.24, 2.45) is 0 Å². The molecule has 0 saturated carbocycles. The monoisotopic (exact) mass is 387 g/mol. The Balaban J connectivity index is 1.53. The summed E-state index contributed by atoms with van der Waals surface area (Å²) in [6.45, 7) is 1.50. The van der Waals surface area contributed by atoms with Crippen molar-refractivity contribution in [3.63, 3.8) is 0 Å². The van der Waals surface area contributed by atoms with Gasteiger partial charge in [0.25, 0.3) is 5.91 Å². The highest BCUT2D eigenvalue weighted by Crippen LogP contribution is 2.34. The van der Waals surface area contributed by atoms with E-state index in [1.54, 1.807) is 16.8 Å². The highest BCUT2D eigenvalue weighted by atomic mass is 16.6. The van der Waals surface area contributed by atoms with E-state index in [4.69, 9.17) is 9.72 Å². The maximum atomic E-state index is 13.5. The Morgan fingerprint density at radius 3 is 2.59 bits per heavy atom. The number of aromatic nitrogens is 1. The van der Waals surface area contributed by atoms with Crippen LogP contribution in [-0.2, 0) is 4.74 Å². The fourth-order valence-corrected chi connectivity index (χ4v) is 4.30. The van der Waals surface area contributed by atoms with E-state index in [0.29, 0.717) is 31.6 Å². The number of nitrogens with zero attached hydrogens (tertiary/aromatic N) is 3. The molecule has 29 heavy (non-hydrogen) atoms. The Kier molecular flexibility index (Phi) is 4.01. The fourth-order valence-electron chi connectivity index (χ4n) is 4.30. The first-order valence-electron chi connectivity index (χ1n) is 9.73. The molecular weight excluding hydrogens is 366 g/mol. The molecule has 2 fully saturated rings. The third-order valence-corrected chi connectivity index (χ3v) is 5.76. The van der Waals surface area contributed by atoms with Crippen molar-refractivity contribution >= 4 is 22.9 Å². The van der Waals surface area contributed by atoms with Gasteiger partial charge in [-0.2, -0.15) is 0 Å². The van der Waals surface area contributed by atoms with E-state index in [1.807, 2.05) is 60.7 Å². The van der Waals surface area contributed by atoms with Gasteiger partial charge >= 0.3 is 6.09 Å². The number of fused-ring (bicyclic) bond motifs is 1. The molecule has 146 valence electrons. The zero-order chi connectivity index (χ0) is 20.0. The first-order valence-corrected chi connectivity index (χ1v) is 9.73. The molecule has 2 aromatic carbocycles. The van der Waals surface area contributed by atoms with Crippen molar-refractivity contribution in [2.75, 3.05) is 26.7 Å². The molecule has 5 rings (SSSR count). The molecule has 2 aliphatic heterocycles. The van der Waals surface area contributed by atoms with Crippen molar-refractivity contribution in [3.05, 3.63) is 66.2 Å². The summed E-state index contributed by atoms with van der Waals surface area (Å²) in [6, 6.07) is 19.4. The van der Waals surface area contributed by atoms with Crippen LogP contribution in [-0.4, -0.2) is 59.1 Å². The summed E-state index contributed by atoms with van der Waals surface area (Å²) in [7, 11) is 1.73. The van der Waals surface area contributed by atoms with Gasteiger partial charge in [0.15, 0.2) is 5.60 Å². The van der Waals surface area contributed by atoms with Crippen molar-refractivity contribution < 1.29 is 14.3 Å². The number of carbonyl (C=O) groups excluding carboxylic acids is 2. The molecule has 0 bridgehead atoms. The molecule has 1 spiro atoms. The summed E-state index contributed by atoms with van der Waals surface area (Å²) in [4.78, 5) is 33.5. The maximum Gasteiger partial charge on any atom is 0.410 e. The largest absolute Gasteiger partial charge is 0.439 e. The summed E-state index contributed by atoms with van der Waals surface area (Å²) in [5.74, 6) is -0.0525. The summed E-state index contributed by atoms with van der Waals surface area (Å²) < 4.78 is 5.60. The van der Waals surface area contributed by atoms with Gasteiger partial charge in [-0.25, -0.2) is 9.78 Å². The van der Waals surface area contributed by atoms with E-state index in [9.17, 15) is 9.59 Å². The molecule has 2 saturated heterocycles.